The molecular weight excluding hydrogens is 246 g/mol. The van der Waals surface area contributed by atoms with Crippen LogP contribution in [-0.4, -0.2) is 5.91 Å². The summed E-state index contributed by atoms with van der Waals surface area (Å²) in [5.74, 6) is -0.113. The first-order valence-electron chi connectivity index (χ1n) is 6.68. The molecule has 0 bridgehead atoms. The molecule has 1 N–H and O–H groups in total. The number of para-hydroxylation sites is 1. The van der Waals surface area contributed by atoms with Gasteiger partial charge in [-0.1, -0.05) is 36.4 Å². The topological polar surface area (TPSA) is 29.1 Å². The Morgan fingerprint density at radius 3 is 2.40 bits per heavy atom. The van der Waals surface area contributed by atoms with Gasteiger partial charge in [-0.15, -0.1) is 0 Å². The van der Waals surface area contributed by atoms with E-state index < -0.39 is 0 Å². The van der Waals surface area contributed by atoms with E-state index in [4.69, 9.17) is 0 Å². The summed E-state index contributed by atoms with van der Waals surface area (Å²) in [5, 5.41) is 2.88. The maximum absolute atomic E-state index is 11.9. The van der Waals surface area contributed by atoms with E-state index in [1.807, 2.05) is 43.3 Å². The summed E-state index contributed by atoms with van der Waals surface area (Å²) >= 11 is 0. The molecule has 0 aromatic heterocycles. The number of benzene rings is 2. The minimum absolute atomic E-state index is 0.113. The molecule has 2 aromatic rings. The summed E-state index contributed by atoms with van der Waals surface area (Å²) < 4.78 is 0. The minimum atomic E-state index is -0.113. The lowest BCUT2D eigenvalue weighted by atomic mass is 10.1. The van der Waals surface area contributed by atoms with E-state index in [2.05, 4.69) is 31.3 Å². The number of amides is 1. The molecule has 1 amide bonds. The predicted molar refractivity (Wildman–Crippen MR) is 84.8 cm³/mol. The molecule has 20 heavy (non-hydrogen) atoms. The molecule has 0 radical (unpaired) electrons. The van der Waals surface area contributed by atoms with Crippen LogP contribution in [0.1, 0.15) is 22.3 Å². The Morgan fingerprint density at radius 2 is 1.70 bits per heavy atom. The fourth-order valence-corrected chi connectivity index (χ4v) is 1.93. The number of rotatable bonds is 3. The highest BCUT2D eigenvalue weighted by Crippen LogP contribution is 2.14. The van der Waals surface area contributed by atoms with Crippen LogP contribution in [-0.2, 0) is 4.79 Å². The van der Waals surface area contributed by atoms with Gasteiger partial charge in [0, 0.05) is 11.8 Å². The standard InChI is InChI=1S/C18H19NO/c1-13-8-9-16(12-15(13)3)10-11-18(20)19-17-7-5-4-6-14(17)2/h4-12H,1-3H3,(H,19,20)/b11-10+. The van der Waals surface area contributed by atoms with Crippen LogP contribution in [0, 0.1) is 20.8 Å². The predicted octanol–water partition coefficient (Wildman–Crippen LogP) is 4.26. The third-order valence-electron chi connectivity index (χ3n) is 3.36. The Labute approximate surface area is 120 Å². The maximum Gasteiger partial charge on any atom is 0.248 e. The fourth-order valence-electron chi connectivity index (χ4n) is 1.93. The monoisotopic (exact) mass is 265 g/mol. The first-order chi connectivity index (χ1) is 9.56. The number of carbonyl (C=O) groups is 1. The van der Waals surface area contributed by atoms with Crippen LogP contribution in [0.15, 0.2) is 48.5 Å². The van der Waals surface area contributed by atoms with Crippen molar-refractivity contribution in [3.05, 3.63) is 70.8 Å². The Hall–Kier alpha value is -2.35. The van der Waals surface area contributed by atoms with Crippen molar-refractivity contribution in [1.29, 1.82) is 0 Å². The van der Waals surface area contributed by atoms with Gasteiger partial charge in [0.05, 0.1) is 0 Å². The van der Waals surface area contributed by atoms with Gasteiger partial charge in [0.1, 0.15) is 0 Å². The molecule has 2 nitrogen and oxygen atoms in total. The smallest absolute Gasteiger partial charge is 0.248 e. The first kappa shape index (κ1) is 14.1. The van der Waals surface area contributed by atoms with Crippen molar-refractivity contribution in [2.45, 2.75) is 20.8 Å². The van der Waals surface area contributed by atoms with Gasteiger partial charge in [0.15, 0.2) is 0 Å². The van der Waals surface area contributed by atoms with E-state index >= 15 is 0 Å². The summed E-state index contributed by atoms with van der Waals surface area (Å²) in [5.41, 5.74) is 5.42. The van der Waals surface area contributed by atoms with Crippen LogP contribution in [0.4, 0.5) is 5.69 Å². The maximum atomic E-state index is 11.9. The second kappa shape index (κ2) is 6.20. The van der Waals surface area contributed by atoms with Gasteiger partial charge in [-0.25, -0.2) is 0 Å². The zero-order valence-electron chi connectivity index (χ0n) is 12.1. The SMILES string of the molecule is Cc1ccc(/C=C/C(=O)Nc2ccccc2C)cc1C. The highest BCUT2D eigenvalue weighted by Gasteiger charge is 2.00. The van der Waals surface area contributed by atoms with Crippen LogP contribution in [0.2, 0.25) is 0 Å². The van der Waals surface area contributed by atoms with Gasteiger partial charge >= 0.3 is 0 Å². The number of anilines is 1. The molecule has 0 aliphatic rings. The third-order valence-corrected chi connectivity index (χ3v) is 3.36. The summed E-state index contributed by atoms with van der Waals surface area (Å²) in [6, 6.07) is 13.9. The van der Waals surface area contributed by atoms with E-state index in [1.54, 1.807) is 6.08 Å². The van der Waals surface area contributed by atoms with Crippen molar-refractivity contribution in [3.63, 3.8) is 0 Å². The highest BCUT2D eigenvalue weighted by atomic mass is 16.1. The summed E-state index contributed by atoms with van der Waals surface area (Å²) in [6.45, 7) is 6.12. The molecule has 0 saturated heterocycles. The number of carbonyl (C=O) groups excluding carboxylic acids is 1. The highest BCUT2D eigenvalue weighted by molar-refractivity contribution is 6.02. The Balaban J connectivity index is 2.06. The number of hydrogen-bond donors (Lipinski definition) is 1. The third kappa shape index (κ3) is 3.58. The second-order valence-corrected chi connectivity index (χ2v) is 4.98. The largest absolute Gasteiger partial charge is 0.322 e. The Bertz CT molecular complexity index is 656. The van der Waals surface area contributed by atoms with Crippen molar-refractivity contribution in [1.82, 2.24) is 0 Å². The molecule has 0 atom stereocenters. The zero-order valence-corrected chi connectivity index (χ0v) is 12.1. The van der Waals surface area contributed by atoms with Gasteiger partial charge in [-0.3, -0.25) is 4.79 Å². The van der Waals surface area contributed by atoms with Crippen molar-refractivity contribution >= 4 is 17.7 Å². The van der Waals surface area contributed by atoms with E-state index in [9.17, 15) is 4.79 Å². The van der Waals surface area contributed by atoms with E-state index in [-0.39, 0.29) is 5.91 Å². The van der Waals surface area contributed by atoms with Crippen molar-refractivity contribution < 1.29 is 4.79 Å². The van der Waals surface area contributed by atoms with Crippen LogP contribution in [0.5, 0.6) is 0 Å². The molecule has 102 valence electrons. The summed E-state index contributed by atoms with van der Waals surface area (Å²) in [7, 11) is 0. The molecule has 2 aromatic carbocycles. The molecule has 2 rings (SSSR count). The lowest BCUT2D eigenvalue weighted by molar-refractivity contribution is -0.111. The van der Waals surface area contributed by atoms with Crippen LogP contribution in [0.3, 0.4) is 0 Å². The van der Waals surface area contributed by atoms with Gasteiger partial charge in [0.25, 0.3) is 0 Å². The number of hydrogen-bond acceptors (Lipinski definition) is 1. The molecule has 0 spiro atoms. The van der Waals surface area contributed by atoms with Crippen molar-refractivity contribution in [2.75, 3.05) is 5.32 Å². The van der Waals surface area contributed by atoms with Gasteiger partial charge in [-0.05, 0) is 55.2 Å². The first-order valence-corrected chi connectivity index (χ1v) is 6.68. The average molecular weight is 265 g/mol. The summed E-state index contributed by atoms with van der Waals surface area (Å²) in [4.78, 5) is 11.9. The molecule has 2 heteroatoms. The number of aryl methyl sites for hydroxylation is 3. The molecule has 0 heterocycles. The lowest BCUT2D eigenvalue weighted by Crippen LogP contribution is -2.08. The average Bonchev–Trinajstić information content (AvgIpc) is 2.43. The molecule has 0 aliphatic carbocycles. The number of nitrogens with one attached hydrogen (secondary N) is 1. The fraction of sp³-hybridized carbons (Fsp3) is 0.167. The molecule has 0 unspecified atom stereocenters. The van der Waals surface area contributed by atoms with Gasteiger partial charge in [-0.2, -0.15) is 0 Å². The molecule has 0 aliphatic heterocycles. The quantitative estimate of drug-likeness (QED) is 0.825. The minimum Gasteiger partial charge on any atom is -0.322 e. The normalized spacial score (nSPS) is 10.8. The van der Waals surface area contributed by atoms with Gasteiger partial charge in [0.2, 0.25) is 5.91 Å². The van der Waals surface area contributed by atoms with E-state index in [1.165, 1.54) is 11.1 Å². The molecule has 0 fully saturated rings. The van der Waals surface area contributed by atoms with Crippen molar-refractivity contribution in [3.8, 4) is 0 Å². The summed E-state index contributed by atoms with van der Waals surface area (Å²) in [6.07, 6.45) is 3.40. The molecular formula is C18H19NO. The van der Waals surface area contributed by atoms with Crippen LogP contribution < -0.4 is 5.32 Å². The van der Waals surface area contributed by atoms with E-state index in [0.717, 1.165) is 16.8 Å². The second-order valence-electron chi connectivity index (χ2n) is 4.98. The van der Waals surface area contributed by atoms with Crippen LogP contribution in [0.25, 0.3) is 6.08 Å². The Morgan fingerprint density at radius 1 is 0.950 bits per heavy atom. The van der Waals surface area contributed by atoms with Gasteiger partial charge < -0.3 is 5.32 Å². The molecule has 0 saturated carbocycles. The lowest BCUT2D eigenvalue weighted by Gasteiger charge is -2.05. The Kier molecular flexibility index (Phi) is 4.36. The van der Waals surface area contributed by atoms with Crippen LogP contribution >= 0.6 is 0 Å². The van der Waals surface area contributed by atoms with E-state index in [0.29, 0.717) is 0 Å². The van der Waals surface area contributed by atoms with Crippen molar-refractivity contribution in [2.24, 2.45) is 0 Å². The zero-order chi connectivity index (χ0) is 14.5.